The van der Waals surface area contributed by atoms with Crippen LogP contribution in [-0.4, -0.2) is 5.54 Å². The molecule has 1 nitrogen and oxygen atoms in total. The molecule has 0 heterocycles. The van der Waals surface area contributed by atoms with Crippen LogP contribution in [0.15, 0.2) is 30.3 Å². The molecule has 1 aromatic carbocycles. The average molecular weight is 187 g/mol. The van der Waals surface area contributed by atoms with Gasteiger partial charge in [-0.1, -0.05) is 36.8 Å². The second-order valence-electron chi connectivity index (χ2n) is 4.92. The van der Waals surface area contributed by atoms with Crippen molar-refractivity contribution in [3.8, 4) is 0 Å². The first-order valence-corrected chi connectivity index (χ1v) is 5.63. The number of nitrogens with two attached hydrogens (primary N) is 1. The van der Waals surface area contributed by atoms with E-state index in [0.717, 1.165) is 18.3 Å². The maximum Gasteiger partial charge on any atom is 0.0259 e. The maximum absolute atomic E-state index is 6.43. The summed E-state index contributed by atoms with van der Waals surface area (Å²) < 4.78 is 0. The van der Waals surface area contributed by atoms with Crippen LogP contribution in [0.2, 0.25) is 0 Å². The molecule has 14 heavy (non-hydrogen) atoms. The van der Waals surface area contributed by atoms with Gasteiger partial charge < -0.3 is 5.73 Å². The number of hydrogen-bond donors (Lipinski definition) is 1. The maximum atomic E-state index is 6.43. The topological polar surface area (TPSA) is 26.0 Å². The minimum Gasteiger partial charge on any atom is -0.324 e. The van der Waals surface area contributed by atoms with Crippen molar-refractivity contribution < 1.29 is 0 Å². The summed E-state index contributed by atoms with van der Waals surface area (Å²) in [6, 6.07) is 10.7. The molecule has 0 bridgehead atoms. The summed E-state index contributed by atoms with van der Waals surface area (Å²) >= 11 is 0. The summed E-state index contributed by atoms with van der Waals surface area (Å²) in [5.41, 5.74) is 8.00. The van der Waals surface area contributed by atoms with E-state index in [0.29, 0.717) is 0 Å². The molecule has 1 heteroatoms. The van der Waals surface area contributed by atoms with Crippen LogP contribution in [-0.2, 0) is 6.42 Å². The van der Waals surface area contributed by atoms with Crippen LogP contribution in [0.4, 0.5) is 0 Å². The quantitative estimate of drug-likeness (QED) is 0.755. The second kappa shape index (κ2) is 2.83. The molecule has 2 unspecified atom stereocenters. The highest BCUT2D eigenvalue weighted by atomic mass is 14.9. The zero-order valence-electron chi connectivity index (χ0n) is 8.45. The molecule has 2 aliphatic rings. The number of fused-ring (bicyclic) bond motifs is 1. The minimum atomic E-state index is 0.166. The van der Waals surface area contributed by atoms with Gasteiger partial charge in [0.2, 0.25) is 0 Å². The zero-order chi connectivity index (χ0) is 9.60. The van der Waals surface area contributed by atoms with Crippen molar-refractivity contribution >= 4 is 0 Å². The van der Waals surface area contributed by atoms with Crippen molar-refractivity contribution in [3.63, 3.8) is 0 Å². The van der Waals surface area contributed by atoms with E-state index in [1.165, 1.54) is 24.8 Å². The number of rotatable bonds is 2. The Labute approximate surface area is 85.3 Å². The standard InChI is InChI=1S/C13H17N/c14-13(11-7-4-8-12(11)13)9-10-5-2-1-3-6-10/h1-3,5-6,11-12H,4,7-9,14H2. The highest BCUT2D eigenvalue weighted by molar-refractivity contribution is 5.26. The van der Waals surface area contributed by atoms with Gasteiger partial charge in [-0.2, -0.15) is 0 Å². The van der Waals surface area contributed by atoms with E-state index in [9.17, 15) is 0 Å². The van der Waals surface area contributed by atoms with Crippen LogP contribution in [0.3, 0.4) is 0 Å². The largest absolute Gasteiger partial charge is 0.324 e. The van der Waals surface area contributed by atoms with Crippen molar-refractivity contribution in [2.75, 3.05) is 0 Å². The van der Waals surface area contributed by atoms with Crippen molar-refractivity contribution in [2.24, 2.45) is 17.6 Å². The molecule has 2 fully saturated rings. The summed E-state index contributed by atoms with van der Waals surface area (Å²) in [6.45, 7) is 0. The molecule has 2 N–H and O–H groups in total. The molecule has 0 aliphatic heterocycles. The van der Waals surface area contributed by atoms with E-state index in [2.05, 4.69) is 30.3 Å². The van der Waals surface area contributed by atoms with Gasteiger partial charge in [0.05, 0.1) is 0 Å². The second-order valence-corrected chi connectivity index (χ2v) is 4.92. The Bertz CT molecular complexity index is 320. The lowest BCUT2D eigenvalue weighted by Crippen LogP contribution is -2.31. The van der Waals surface area contributed by atoms with Gasteiger partial charge in [0, 0.05) is 5.54 Å². The molecule has 0 saturated heterocycles. The molecular formula is C13H17N. The lowest BCUT2D eigenvalue weighted by molar-refractivity contribution is 0.501. The van der Waals surface area contributed by atoms with Gasteiger partial charge >= 0.3 is 0 Å². The van der Waals surface area contributed by atoms with Crippen LogP contribution >= 0.6 is 0 Å². The molecular weight excluding hydrogens is 170 g/mol. The normalized spacial score (nSPS) is 39.5. The van der Waals surface area contributed by atoms with E-state index >= 15 is 0 Å². The van der Waals surface area contributed by atoms with Gasteiger partial charge in [-0.05, 0) is 36.7 Å². The predicted molar refractivity (Wildman–Crippen MR) is 57.9 cm³/mol. The van der Waals surface area contributed by atoms with Crippen molar-refractivity contribution in [1.29, 1.82) is 0 Å². The molecule has 74 valence electrons. The third-order valence-electron chi connectivity index (χ3n) is 4.14. The Morgan fingerprint density at radius 3 is 2.43 bits per heavy atom. The van der Waals surface area contributed by atoms with E-state index < -0.39 is 0 Å². The molecule has 0 radical (unpaired) electrons. The lowest BCUT2D eigenvalue weighted by Gasteiger charge is -2.15. The lowest BCUT2D eigenvalue weighted by atomic mass is 9.97. The van der Waals surface area contributed by atoms with E-state index in [1.807, 2.05) is 0 Å². The fraction of sp³-hybridized carbons (Fsp3) is 0.538. The van der Waals surface area contributed by atoms with Gasteiger partial charge in [0.1, 0.15) is 0 Å². The van der Waals surface area contributed by atoms with Gasteiger partial charge in [0.25, 0.3) is 0 Å². The highest BCUT2D eigenvalue weighted by Crippen LogP contribution is 2.60. The van der Waals surface area contributed by atoms with Crippen molar-refractivity contribution in [1.82, 2.24) is 0 Å². The van der Waals surface area contributed by atoms with Crippen molar-refractivity contribution in [2.45, 2.75) is 31.2 Å². The highest BCUT2D eigenvalue weighted by Gasteiger charge is 2.62. The number of hydrogen-bond acceptors (Lipinski definition) is 1. The molecule has 1 aromatic rings. The first-order chi connectivity index (χ1) is 6.81. The Hall–Kier alpha value is -0.820. The van der Waals surface area contributed by atoms with E-state index in [4.69, 9.17) is 5.73 Å². The average Bonchev–Trinajstić information content (AvgIpc) is 2.64. The third-order valence-corrected chi connectivity index (χ3v) is 4.14. The third kappa shape index (κ3) is 1.12. The van der Waals surface area contributed by atoms with E-state index in [-0.39, 0.29) is 5.54 Å². The fourth-order valence-electron chi connectivity index (χ4n) is 3.34. The molecule has 0 amide bonds. The molecule has 2 atom stereocenters. The molecule has 0 spiro atoms. The minimum absolute atomic E-state index is 0.166. The Kier molecular flexibility index (Phi) is 1.72. The van der Waals surface area contributed by atoms with Crippen LogP contribution in [0.1, 0.15) is 24.8 Å². The van der Waals surface area contributed by atoms with Gasteiger partial charge in [-0.25, -0.2) is 0 Å². The Balaban J connectivity index is 1.75. The Morgan fingerprint density at radius 2 is 1.79 bits per heavy atom. The summed E-state index contributed by atoms with van der Waals surface area (Å²) in [6.07, 6.45) is 5.23. The Morgan fingerprint density at radius 1 is 1.14 bits per heavy atom. The van der Waals surface area contributed by atoms with Crippen LogP contribution < -0.4 is 5.73 Å². The van der Waals surface area contributed by atoms with E-state index in [1.54, 1.807) is 0 Å². The summed E-state index contributed by atoms with van der Waals surface area (Å²) in [5.74, 6) is 1.67. The SMILES string of the molecule is NC1(Cc2ccccc2)C2CCCC21. The van der Waals surface area contributed by atoms with Gasteiger partial charge in [0.15, 0.2) is 0 Å². The first-order valence-electron chi connectivity index (χ1n) is 5.63. The molecule has 2 aliphatic carbocycles. The summed E-state index contributed by atoms with van der Waals surface area (Å²) in [5, 5.41) is 0. The van der Waals surface area contributed by atoms with Crippen LogP contribution in [0, 0.1) is 11.8 Å². The predicted octanol–water partition coefficient (Wildman–Crippen LogP) is 2.36. The van der Waals surface area contributed by atoms with Gasteiger partial charge in [-0.3, -0.25) is 0 Å². The smallest absolute Gasteiger partial charge is 0.0259 e. The van der Waals surface area contributed by atoms with Gasteiger partial charge in [-0.15, -0.1) is 0 Å². The van der Waals surface area contributed by atoms with Crippen LogP contribution in [0.25, 0.3) is 0 Å². The zero-order valence-corrected chi connectivity index (χ0v) is 8.45. The molecule has 2 saturated carbocycles. The first kappa shape index (κ1) is 8.49. The monoisotopic (exact) mass is 187 g/mol. The summed E-state index contributed by atoms with van der Waals surface area (Å²) in [4.78, 5) is 0. The summed E-state index contributed by atoms with van der Waals surface area (Å²) in [7, 11) is 0. The number of benzene rings is 1. The van der Waals surface area contributed by atoms with Crippen molar-refractivity contribution in [3.05, 3.63) is 35.9 Å². The molecule has 0 aromatic heterocycles. The fourth-order valence-corrected chi connectivity index (χ4v) is 3.34. The molecule has 3 rings (SSSR count). The van der Waals surface area contributed by atoms with Crippen LogP contribution in [0.5, 0.6) is 0 Å².